The molecule has 0 atom stereocenters. The number of ether oxygens (including phenoxy) is 5. The third-order valence-electron chi connectivity index (χ3n) is 6.68. The van der Waals surface area contributed by atoms with Gasteiger partial charge in [0.25, 0.3) is 0 Å². The number of hydrogen-bond donors (Lipinski definition) is 2. The van der Waals surface area contributed by atoms with Crippen molar-refractivity contribution in [3.8, 4) is 39.9 Å². The van der Waals surface area contributed by atoms with Crippen LogP contribution in [0.15, 0.2) is 42.5 Å². The van der Waals surface area contributed by atoms with E-state index < -0.39 is 18.5 Å². The van der Waals surface area contributed by atoms with Gasteiger partial charge in [0.05, 0.1) is 50.1 Å². The van der Waals surface area contributed by atoms with Crippen LogP contribution in [-0.2, 0) is 11.3 Å². The molecule has 3 aromatic carbocycles. The van der Waals surface area contributed by atoms with Gasteiger partial charge in [-0.25, -0.2) is 9.59 Å². The fourth-order valence-electron chi connectivity index (χ4n) is 4.98. The van der Waals surface area contributed by atoms with Crippen LogP contribution in [0.3, 0.4) is 0 Å². The van der Waals surface area contributed by atoms with Crippen molar-refractivity contribution in [1.29, 1.82) is 0 Å². The third kappa shape index (κ3) is 5.58. The molecular weight excluding hydrogens is 578 g/mol. The van der Waals surface area contributed by atoms with Gasteiger partial charge in [-0.3, -0.25) is 0 Å². The summed E-state index contributed by atoms with van der Waals surface area (Å²) in [7, 11) is 4.41. The number of aliphatic carboxylic acids is 1. The number of carbonyl (C=O) groups is 2. The Morgan fingerprint density at radius 1 is 0.907 bits per heavy atom. The number of rotatable bonds is 12. The molecule has 0 aliphatic carbocycles. The molecule has 0 unspecified atom stereocenters. The molecule has 224 valence electrons. The quantitative estimate of drug-likeness (QED) is 0.189. The largest absolute Gasteiger partial charge is 0.497 e. The minimum atomic E-state index is -1.23. The van der Waals surface area contributed by atoms with Crippen molar-refractivity contribution in [2.45, 2.75) is 26.5 Å². The van der Waals surface area contributed by atoms with Gasteiger partial charge < -0.3 is 38.5 Å². The Balaban J connectivity index is 1.90. The molecule has 0 saturated carbocycles. The van der Waals surface area contributed by atoms with E-state index in [0.717, 1.165) is 22.8 Å². The van der Waals surface area contributed by atoms with Crippen molar-refractivity contribution in [1.82, 2.24) is 13.3 Å². The fourth-order valence-corrected chi connectivity index (χ4v) is 5.50. The summed E-state index contributed by atoms with van der Waals surface area (Å²) in [5.74, 6) is -1.03. The van der Waals surface area contributed by atoms with Gasteiger partial charge in [0.1, 0.15) is 28.2 Å². The molecule has 0 fully saturated rings. The molecule has 13 heteroatoms. The number of aromatic carboxylic acids is 1. The molecule has 12 nitrogen and oxygen atoms in total. The number of carboxylic acid groups (broad SMARTS) is 2. The van der Waals surface area contributed by atoms with E-state index in [1.165, 1.54) is 27.4 Å². The number of hydrogen-bond acceptors (Lipinski definition) is 10. The lowest BCUT2D eigenvalue weighted by atomic mass is 9.99. The topological polar surface area (TPSA) is 151 Å². The van der Waals surface area contributed by atoms with E-state index in [1.54, 1.807) is 22.8 Å². The lowest BCUT2D eigenvalue weighted by Crippen LogP contribution is -2.12. The molecule has 43 heavy (non-hydrogen) atoms. The van der Waals surface area contributed by atoms with E-state index in [0.29, 0.717) is 39.2 Å². The zero-order chi connectivity index (χ0) is 30.8. The summed E-state index contributed by atoms with van der Waals surface area (Å²) in [5.41, 5.74) is 3.17. The highest BCUT2D eigenvalue weighted by atomic mass is 32.1. The summed E-state index contributed by atoms with van der Waals surface area (Å²) in [5, 5.41) is 20.5. The highest BCUT2D eigenvalue weighted by Crippen LogP contribution is 2.51. The monoisotopic (exact) mass is 607 g/mol. The molecule has 5 rings (SSSR count). The van der Waals surface area contributed by atoms with Crippen LogP contribution in [-0.4, -0.2) is 69.5 Å². The van der Waals surface area contributed by atoms with Crippen LogP contribution < -0.4 is 23.7 Å². The molecule has 0 saturated heterocycles. The average Bonchev–Trinajstić information content (AvgIpc) is 3.57. The van der Waals surface area contributed by atoms with Crippen molar-refractivity contribution in [3.63, 3.8) is 0 Å². The molecule has 2 heterocycles. The van der Waals surface area contributed by atoms with Crippen LogP contribution in [0.1, 0.15) is 29.9 Å². The van der Waals surface area contributed by atoms with Crippen molar-refractivity contribution in [2.75, 3.05) is 27.9 Å². The second kappa shape index (κ2) is 12.1. The molecule has 0 aliphatic heterocycles. The van der Waals surface area contributed by atoms with E-state index in [4.69, 9.17) is 23.7 Å². The summed E-state index contributed by atoms with van der Waals surface area (Å²) in [6, 6.07) is 12.0. The van der Waals surface area contributed by atoms with Crippen LogP contribution in [0.25, 0.3) is 33.1 Å². The first-order chi connectivity index (χ1) is 20.7. The van der Waals surface area contributed by atoms with Crippen molar-refractivity contribution < 1.29 is 43.5 Å². The fraction of sp³-hybridized carbons (Fsp3) is 0.267. The van der Waals surface area contributed by atoms with Crippen molar-refractivity contribution >= 4 is 45.6 Å². The van der Waals surface area contributed by atoms with Gasteiger partial charge in [-0.2, -0.15) is 8.75 Å². The van der Waals surface area contributed by atoms with Crippen molar-refractivity contribution in [3.05, 3.63) is 53.7 Å². The molecule has 0 spiro atoms. The average molecular weight is 608 g/mol. The van der Waals surface area contributed by atoms with Crippen LogP contribution in [0.2, 0.25) is 0 Å². The number of benzene rings is 3. The molecule has 5 aromatic rings. The highest BCUT2D eigenvalue weighted by Gasteiger charge is 2.32. The molecular formula is C30H29N3O9S. The number of aromatic nitrogens is 3. The van der Waals surface area contributed by atoms with E-state index >= 15 is 0 Å². The second-order valence-electron chi connectivity index (χ2n) is 9.75. The van der Waals surface area contributed by atoms with Gasteiger partial charge in [0.2, 0.25) is 5.75 Å². The molecule has 0 amide bonds. The molecule has 2 N–H and O–H groups in total. The predicted molar refractivity (Wildman–Crippen MR) is 159 cm³/mol. The van der Waals surface area contributed by atoms with Gasteiger partial charge in [-0.1, -0.05) is 6.07 Å². The molecule has 0 bridgehead atoms. The van der Waals surface area contributed by atoms with Crippen LogP contribution in [0, 0.1) is 0 Å². The number of carboxylic acids is 2. The van der Waals surface area contributed by atoms with Crippen LogP contribution in [0.5, 0.6) is 28.7 Å². The zero-order valence-electron chi connectivity index (χ0n) is 24.0. The maximum atomic E-state index is 13.2. The Morgan fingerprint density at radius 2 is 1.67 bits per heavy atom. The summed E-state index contributed by atoms with van der Waals surface area (Å²) in [6.45, 7) is 3.19. The standard InChI is InChI=1S/C30H29N3O9S/c1-15(2)42-28-23(39-4)12-21-26(29(28)40-5)25(18-8-7-17(38-3)11-22(18)41-14-24(34)35)27(30(36)37)33(21)13-16-6-9-19-20(10-16)32-43-31-19/h6-12,15H,13-14H2,1-5H3,(H,34,35)(H,36,37). The summed E-state index contributed by atoms with van der Waals surface area (Å²) >= 11 is 1.09. The molecule has 0 aliphatic rings. The lowest BCUT2D eigenvalue weighted by Gasteiger charge is -2.19. The highest BCUT2D eigenvalue weighted by molar-refractivity contribution is 7.00. The van der Waals surface area contributed by atoms with Gasteiger partial charge in [-0.05, 0) is 43.7 Å². The van der Waals surface area contributed by atoms with E-state index in [1.807, 2.05) is 32.0 Å². The predicted octanol–water partition coefficient (Wildman–Crippen LogP) is 5.34. The number of nitrogens with zero attached hydrogens (tertiary/aromatic N) is 3. The second-order valence-corrected chi connectivity index (χ2v) is 10.3. The first-order valence-electron chi connectivity index (χ1n) is 13.1. The van der Waals surface area contributed by atoms with Gasteiger partial charge in [-0.15, -0.1) is 0 Å². The summed E-state index contributed by atoms with van der Waals surface area (Å²) < 4.78 is 39.0. The Kier molecular flexibility index (Phi) is 8.26. The third-order valence-corrected chi connectivity index (χ3v) is 7.23. The van der Waals surface area contributed by atoms with Gasteiger partial charge >= 0.3 is 11.9 Å². The zero-order valence-corrected chi connectivity index (χ0v) is 24.9. The first-order valence-corrected chi connectivity index (χ1v) is 13.8. The smallest absolute Gasteiger partial charge is 0.353 e. The Morgan fingerprint density at radius 3 is 2.33 bits per heavy atom. The van der Waals surface area contributed by atoms with Gasteiger partial charge in [0, 0.05) is 29.8 Å². The van der Waals surface area contributed by atoms with Crippen LogP contribution in [0.4, 0.5) is 0 Å². The van der Waals surface area contributed by atoms with E-state index in [2.05, 4.69) is 8.75 Å². The van der Waals surface area contributed by atoms with E-state index in [9.17, 15) is 19.8 Å². The normalized spacial score (nSPS) is 11.2. The lowest BCUT2D eigenvalue weighted by molar-refractivity contribution is -0.139. The molecule has 0 radical (unpaired) electrons. The van der Waals surface area contributed by atoms with Crippen LogP contribution >= 0.6 is 11.7 Å². The summed E-state index contributed by atoms with van der Waals surface area (Å²) in [6.07, 6.45) is -0.265. The first kappa shape index (κ1) is 29.5. The SMILES string of the molecule is COc1ccc(-c2c(C(=O)O)n(Cc3ccc4nsnc4c3)c3cc(OC)c(OC(C)C)c(OC)c23)c(OCC(=O)O)c1. The minimum absolute atomic E-state index is 0.0844. The van der Waals surface area contributed by atoms with E-state index in [-0.39, 0.29) is 35.4 Å². The molecule has 2 aromatic heterocycles. The number of methoxy groups -OCH3 is 3. The van der Waals surface area contributed by atoms with Crippen molar-refractivity contribution in [2.24, 2.45) is 0 Å². The summed E-state index contributed by atoms with van der Waals surface area (Å²) in [4.78, 5) is 24.6. The Labute approximate surface area is 250 Å². The minimum Gasteiger partial charge on any atom is -0.497 e. The number of fused-ring (bicyclic) bond motifs is 2. The maximum Gasteiger partial charge on any atom is 0.353 e. The Hall–Kier alpha value is -5.04. The van der Waals surface area contributed by atoms with Gasteiger partial charge in [0.15, 0.2) is 18.1 Å². The maximum absolute atomic E-state index is 13.2. The Bertz CT molecular complexity index is 1840.